The second-order valence-electron chi connectivity index (χ2n) is 6.26. The first-order valence-electron chi connectivity index (χ1n) is 9.33. The molecule has 1 aromatic carbocycles. The Labute approximate surface area is 167 Å². The van der Waals surface area contributed by atoms with Crippen molar-refractivity contribution in [2.24, 2.45) is 4.99 Å². The van der Waals surface area contributed by atoms with Gasteiger partial charge in [-0.15, -0.1) is 0 Å². The highest BCUT2D eigenvalue weighted by Gasteiger charge is 2.18. The van der Waals surface area contributed by atoms with Crippen molar-refractivity contribution < 1.29 is 12.8 Å². The van der Waals surface area contributed by atoms with Crippen LogP contribution in [0.3, 0.4) is 0 Å². The van der Waals surface area contributed by atoms with Crippen LogP contribution in [0, 0.1) is 6.92 Å². The lowest BCUT2D eigenvalue weighted by molar-refractivity contribution is 0.445. The molecule has 0 spiro atoms. The van der Waals surface area contributed by atoms with Gasteiger partial charge >= 0.3 is 0 Å². The summed E-state index contributed by atoms with van der Waals surface area (Å²) in [5, 5.41) is 6.13. The molecule has 2 rings (SSSR count). The van der Waals surface area contributed by atoms with E-state index in [1.807, 2.05) is 45.0 Å². The number of aliphatic imine (C=N–C) groups is 1. The fourth-order valence-corrected chi connectivity index (χ4v) is 4.06. The van der Waals surface area contributed by atoms with Crippen LogP contribution >= 0.6 is 0 Å². The smallest absolute Gasteiger partial charge is 0.226 e. The Morgan fingerprint density at radius 1 is 1.18 bits per heavy atom. The molecule has 0 fully saturated rings. The second-order valence-corrected chi connectivity index (χ2v) is 8.35. The number of hydrogen-bond acceptors (Lipinski definition) is 5. The predicted octanol–water partition coefficient (Wildman–Crippen LogP) is 1.99. The zero-order chi connectivity index (χ0) is 20.6. The van der Waals surface area contributed by atoms with Gasteiger partial charge in [0.2, 0.25) is 15.9 Å². The van der Waals surface area contributed by atoms with E-state index in [9.17, 15) is 8.42 Å². The maximum Gasteiger partial charge on any atom is 0.226 e. The maximum atomic E-state index is 12.2. The molecular formula is C19H29N5O3S. The summed E-state index contributed by atoms with van der Waals surface area (Å²) in [6.07, 6.45) is 1.60. The Hall–Kier alpha value is -2.39. The van der Waals surface area contributed by atoms with Crippen LogP contribution in [0.25, 0.3) is 11.5 Å². The Kier molecular flexibility index (Phi) is 8.01. The average Bonchev–Trinajstić information content (AvgIpc) is 3.14. The number of hydrogen-bond donors (Lipinski definition) is 2. The normalized spacial score (nSPS) is 12.4. The minimum absolute atomic E-state index is 0.0108. The zero-order valence-corrected chi connectivity index (χ0v) is 17.7. The summed E-state index contributed by atoms with van der Waals surface area (Å²) < 4.78 is 31.4. The van der Waals surface area contributed by atoms with E-state index in [0.29, 0.717) is 31.5 Å². The predicted molar refractivity (Wildman–Crippen MR) is 112 cm³/mol. The van der Waals surface area contributed by atoms with E-state index in [-0.39, 0.29) is 12.3 Å². The molecule has 2 N–H and O–H groups in total. The highest BCUT2D eigenvalue weighted by molar-refractivity contribution is 7.89. The molecule has 0 aliphatic rings. The molecular weight excluding hydrogens is 378 g/mol. The number of rotatable bonds is 9. The van der Waals surface area contributed by atoms with Crippen molar-refractivity contribution in [1.82, 2.24) is 19.9 Å². The Bertz CT molecular complexity index is 871. The molecule has 0 saturated heterocycles. The highest BCUT2D eigenvalue weighted by Crippen LogP contribution is 2.18. The molecule has 0 aliphatic carbocycles. The lowest BCUT2D eigenvalue weighted by Crippen LogP contribution is -2.41. The molecule has 0 amide bonds. The minimum Gasteiger partial charge on any atom is -0.444 e. The Morgan fingerprint density at radius 2 is 1.86 bits per heavy atom. The van der Waals surface area contributed by atoms with Gasteiger partial charge in [-0.3, -0.25) is 4.99 Å². The van der Waals surface area contributed by atoms with Crippen LogP contribution in [0.15, 0.2) is 39.9 Å². The fraction of sp³-hybridized carbons (Fsp3) is 0.474. The van der Waals surface area contributed by atoms with Gasteiger partial charge in [0.1, 0.15) is 6.26 Å². The van der Waals surface area contributed by atoms with Gasteiger partial charge in [0.15, 0.2) is 5.96 Å². The molecule has 0 radical (unpaired) electrons. The van der Waals surface area contributed by atoms with E-state index in [4.69, 9.17) is 4.42 Å². The molecule has 154 valence electrons. The zero-order valence-electron chi connectivity index (χ0n) is 16.9. The van der Waals surface area contributed by atoms with E-state index in [1.165, 1.54) is 9.87 Å². The molecule has 1 aromatic heterocycles. The van der Waals surface area contributed by atoms with Gasteiger partial charge in [-0.25, -0.2) is 17.7 Å². The molecule has 0 bridgehead atoms. The van der Waals surface area contributed by atoms with Crippen LogP contribution in [0.1, 0.15) is 25.1 Å². The average molecular weight is 408 g/mol. The first-order valence-corrected chi connectivity index (χ1v) is 10.9. The topological polar surface area (TPSA) is 99.8 Å². The molecule has 0 aliphatic heterocycles. The first-order chi connectivity index (χ1) is 13.4. The van der Waals surface area contributed by atoms with Crippen molar-refractivity contribution in [3.63, 3.8) is 0 Å². The number of aromatic nitrogens is 1. The third kappa shape index (κ3) is 6.07. The van der Waals surface area contributed by atoms with E-state index in [0.717, 1.165) is 11.3 Å². The largest absolute Gasteiger partial charge is 0.444 e. The summed E-state index contributed by atoms with van der Waals surface area (Å²) in [4.78, 5) is 8.58. The van der Waals surface area contributed by atoms with Crippen molar-refractivity contribution in [1.29, 1.82) is 0 Å². The molecule has 0 saturated carbocycles. The van der Waals surface area contributed by atoms with Gasteiger partial charge in [0, 0.05) is 32.2 Å². The van der Waals surface area contributed by atoms with Gasteiger partial charge in [0.05, 0.1) is 18.0 Å². The molecule has 28 heavy (non-hydrogen) atoms. The Morgan fingerprint density at radius 3 is 2.46 bits per heavy atom. The fourth-order valence-electron chi connectivity index (χ4n) is 2.66. The van der Waals surface area contributed by atoms with Crippen LogP contribution in [-0.4, -0.2) is 56.1 Å². The molecule has 0 unspecified atom stereocenters. The molecule has 0 atom stereocenters. The summed E-state index contributed by atoms with van der Waals surface area (Å²) in [7, 11) is -1.63. The van der Waals surface area contributed by atoms with Gasteiger partial charge < -0.3 is 15.1 Å². The van der Waals surface area contributed by atoms with Crippen LogP contribution in [0.5, 0.6) is 0 Å². The van der Waals surface area contributed by atoms with E-state index < -0.39 is 10.0 Å². The summed E-state index contributed by atoms with van der Waals surface area (Å²) >= 11 is 0. The number of nitrogens with zero attached hydrogens (tertiary/aromatic N) is 3. The van der Waals surface area contributed by atoms with E-state index in [2.05, 4.69) is 20.6 Å². The SMILES string of the molecule is CCN(CC)S(=O)(=O)CCNC(=NC)NCc1coc(-c2ccc(C)cc2)n1. The third-order valence-electron chi connectivity index (χ3n) is 4.26. The van der Waals surface area contributed by atoms with E-state index in [1.54, 1.807) is 13.3 Å². The maximum absolute atomic E-state index is 12.2. The summed E-state index contributed by atoms with van der Waals surface area (Å²) in [6, 6.07) is 7.95. The van der Waals surface area contributed by atoms with Crippen LogP contribution in [-0.2, 0) is 16.6 Å². The summed E-state index contributed by atoms with van der Waals surface area (Å²) in [6.45, 7) is 7.32. The minimum atomic E-state index is -3.26. The summed E-state index contributed by atoms with van der Waals surface area (Å²) in [5.41, 5.74) is 2.82. The molecule has 9 heteroatoms. The van der Waals surface area contributed by atoms with Gasteiger partial charge in [-0.1, -0.05) is 31.5 Å². The van der Waals surface area contributed by atoms with Gasteiger partial charge in [-0.2, -0.15) is 0 Å². The van der Waals surface area contributed by atoms with Crippen molar-refractivity contribution in [3.05, 3.63) is 41.8 Å². The molecule has 8 nitrogen and oxygen atoms in total. The lowest BCUT2D eigenvalue weighted by Gasteiger charge is -2.19. The van der Waals surface area contributed by atoms with Gasteiger partial charge in [-0.05, 0) is 19.1 Å². The molecule has 1 heterocycles. The summed E-state index contributed by atoms with van der Waals surface area (Å²) in [5.74, 6) is 1.08. The standard InChI is InChI=1S/C19H29N5O3S/c1-5-24(6-2)28(25,26)12-11-21-19(20-4)22-13-17-14-27-18(23-17)16-9-7-15(3)8-10-16/h7-10,14H,5-6,11-13H2,1-4H3,(H2,20,21,22). The van der Waals surface area contributed by atoms with Crippen molar-refractivity contribution >= 4 is 16.0 Å². The van der Waals surface area contributed by atoms with Crippen LogP contribution in [0.4, 0.5) is 0 Å². The number of sulfonamides is 1. The highest BCUT2D eigenvalue weighted by atomic mass is 32.2. The van der Waals surface area contributed by atoms with Crippen molar-refractivity contribution in [2.45, 2.75) is 27.3 Å². The lowest BCUT2D eigenvalue weighted by atomic mass is 10.1. The van der Waals surface area contributed by atoms with Crippen LogP contribution in [0.2, 0.25) is 0 Å². The first kappa shape index (κ1) is 21.9. The Balaban J connectivity index is 1.85. The van der Waals surface area contributed by atoms with Crippen molar-refractivity contribution in [2.75, 3.05) is 32.4 Å². The number of guanidine groups is 1. The number of nitrogens with one attached hydrogen (secondary N) is 2. The monoisotopic (exact) mass is 407 g/mol. The quantitative estimate of drug-likeness (QED) is 0.487. The molecule has 2 aromatic rings. The third-order valence-corrected chi connectivity index (χ3v) is 6.29. The second kappa shape index (κ2) is 10.2. The number of aryl methyl sites for hydroxylation is 1. The van der Waals surface area contributed by atoms with Crippen molar-refractivity contribution in [3.8, 4) is 11.5 Å². The van der Waals surface area contributed by atoms with E-state index >= 15 is 0 Å². The number of benzene rings is 1. The number of oxazole rings is 1. The van der Waals surface area contributed by atoms with Crippen LogP contribution < -0.4 is 10.6 Å². The van der Waals surface area contributed by atoms with Gasteiger partial charge in [0.25, 0.3) is 0 Å².